The number of carbonyl (C=O) groups excluding carboxylic acids is 2. The molecule has 0 saturated heterocycles. The van der Waals surface area contributed by atoms with Crippen LogP contribution >= 0.6 is 0 Å². The molecule has 6 N–H and O–H groups in total. The van der Waals surface area contributed by atoms with Crippen LogP contribution in [0.15, 0.2) is 84.9 Å². The van der Waals surface area contributed by atoms with Crippen LogP contribution in [0.4, 0.5) is 21.0 Å². The average Bonchev–Trinajstić information content (AvgIpc) is 3.06. The largest absolute Gasteiger partial charge is 0.726 e. The lowest BCUT2D eigenvalue weighted by molar-refractivity contribution is -0.650. The Morgan fingerprint density at radius 1 is 0.577 bits per heavy atom. The Balaban J connectivity index is 0.000000536. The first-order valence-corrected chi connectivity index (χ1v) is 18.1. The summed E-state index contributed by atoms with van der Waals surface area (Å²) >= 11 is 0. The van der Waals surface area contributed by atoms with Crippen LogP contribution in [0.3, 0.4) is 0 Å². The standard InChI is InChI=1S/C34H32N6O2.2H2O4S/c1-21-29-19-23(13-15-25(29)27-9-5-7-11-31(27)39(21)3)37-33(41)35-17-18-36-34(42)38-24-14-16-26-28-10-6-8-12-32(28)40(4)22(2)30(26)20-24;2*1-5(2,3)4/h5-16,19-20H,17-18H2,1-4H3,(H2-2,35,36,37,38,41,42);2*(H2,1,2,3,4). The van der Waals surface area contributed by atoms with Gasteiger partial charge >= 0.3 is 12.1 Å². The van der Waals surface area contributed by atoms with Crippen molar-refractivity contribution in [1.82, 2.24) is 10.6 Å². The number of rotatable bonds is 5. The highest BCUT2D eigenvalue weighted by molar-refractivity contribution is 7.80. The van der Waals surface area contributed by atoms with Gasteiger partial charge in [0.1, 0.15) is 14.1 Å². The molecular weight excluding hydrogens is 717 g/mol. The maximum Gasteiger partial charge on any atom is 0.319 e. The zero-order valence-corrected chi connectivity index (χ0v) is 30.0. The second-order valence-electron chi connectivity index (χ2n) is 11.5. The Hall–Kier alpha value is -5.50. The number of anilines is 2. The first-order valence-electron chi connectivity index (χ1n) is 15.4. The Bertz CT molecular complexity index is 2350. The van der Waals surface area contributed by atoms with Crippen molar-refractivity contribution in [2.24, 2.45) is 14.1 Å². The maximum atomic E-state index is 12.6. The second kappa shape index (κ2) is 16.2. The normalized spacial score (nSPS) is 11.3. The van der Waals surface area contributed by atoms with Gasteiger partial charge in [0, 0.05) is 61.2 Å². The number of hydrogen-bond acceptors (Lipinski definition) is 8. The molecule has 4 aromatic carbocycles. The van der Waals surface area contributed by atoms with Crippen LogP contribution in [0.5, 0.6) is 0 Å². The smallest absolute Gasteiger partial charge is 0.319 e. The zero-order valence-electron chi connectivity index (χ0n) is 28.4. The van der Waals surface area contributed by atoms with Crippen molar-refractivity contribution in [3.8, 4) is 0 Å². The summed E-state index contributed by atoms with van der Waals surface area (Å²) in [5, 5.41) is 18.2. The van der Waals surface area contributed by atoms with E-state index in [9.17, 15) is 9.59 Å². The van der Waals surface area contributed by atoms with E-state index in [-0.39, 0.29) is 25.2 Å². The van der Waals surface area contributed by atoms with Crippen molar-refractivity contribution < 1.29 is 53.8 Å². The van der Waals surface area contributed by atoms with Gasteiger partial charge in [-0.25, -0.2) is 26.4 Å². The molecule has 0 unspecified atom stereocenters. The summed E-state index contributed by atoms with van der Waals surface area (Å²) in [4.78, 5) is 25.1. The fourth-order valence-electron chi connectivity index (χ4n) is 5.73. The molecule has 0 saturated carbocycles. The molecule has 2 heterocycles. The molecule has 0 fully saturated rings. The Labute approximate surface area is 299 Å². The molecule has 16 nitrogen and oxygen atoms in total. The van der Waals surface area contributed by atoms with Crippen LogP contribution in [0.1, 0.15) is 11.4 Å². The molecule has 0 spiro atoms. The van der Waals surface area contributed by atoms with Crippen molar-refractivity contribution in [2.75, 3.05) is 23.7 Å². The predicted octanol–water partition coefficient (Wildman–Crippen LogP) is 3.52. The van der Waals surface area contributed by atoms with Crippen molar-refractivity contribution in [1.29, 1.82) is 0 Å². The van der Waals surface area contributed by atoms with Crippen molar-refractivity contribution in [2.45, 2.75) is 13.8 Å². The zero-order chi connectivity index (χ0) is 38.4. The van der Waals surface area contributed by atoms with E-state index in [2.05, 4.69) is 82.6 Å². The van der Waals surface area contributed by atoms with Crippen LogP contribution in [-0.2, 0) is 34.9 Å². The quantitative estimate of drug-likeness (QED) is 0.0492. The first-order chi connectivity index (χ1) is 24.3. The molecule has 52 heavy (non-hydrogen) atoms. The van der Waals surface area contributed by atoms with Crippen LogP contribution in [0.25, 0.3) is 43.4 Å². The molecule has 6 rings (SSSR count). The van der Waals surface area contributed by atoms with Gasteiger partial charge in [-0.2, -0.15) is 9.13 Å². The lowest BCUT2D eigenvalue weighted by Crippen LogP contribution is -2.38. The van der Waals surface area contributed by atoms with E-state index in [4.69, 9.17) is 35.0 Å². The topological polar surface area (TPSA) is 245 Å². The monoisotopic (exact) mass is 752 g/mol. The fraction of sp³-hybridized carbons (Fsp3) is 0.176. The van der Waals surface area contributed by atoms with Gasteiger partial charge in [0.25, 0.3) is 0 Å². The van der Waals surface area contributed by atoms with Gasteiger partial charge in [-0.05, 0) is 36.4 Å². The van der Waals surface area contributed by atoms with E-state index in [0.717, 1.165) is 44.0 Å². The molecule has 0 atom stereocenters. The van der Waals surface area contributed by atoms with Gasteiger partial charge in [0.15, 0.2) is 11.4 Å². The summed E-state index contributed by atoms with van der Waals surface area (Å²) in [7, 11) is -5.73. The molecule has 6 aromatic rings. The minimum Gasteiger partial charge on any atom is -0.726 e. The number of carbonyl (C=O) groups is 2. The number of para-hydroxylation sites is 2. The van der Waals surface area contributed by atoms with Gasteiger partial charge in [0.05, 0.1) is 21.5 Å². The van der Waals surface area contributed by atoms with Crippen molar-refractivity contribution in [3.05, 3.63) is 96.3 Å². The van der Waals surface area contributed by atoms with Gasteiger partial charge in [0.2, 0.25) is 31.8 Å². The lowest BCUT2D eigenvalue weighted by atomic mass is 10.0. The number of hydrogen-bond donors (Lipinski definition) is 6. The fourth-order valence-corrected chi connectivity index (χ4v) is 5.73. The van der Waals surface area contributed by atoms with Crippen LogP contribution in [0.2, 0.25) is 0 Å². The number of nitrogens with one attached hydrogen (secondary N) is 4. The highest BCUT2D eigenvalue weighted by Crippen LogP contribution is 2.28. The second-order valence-corrected chi connectivity index (χ2v) is 13.2. The molecule has 0 bridgehead atoms. The molecule has 0 aliphatic rings. The minimum absolute atomic E-state index is 0.282. The summed E-state index contributed by atoms with van der Waals surface area (Å²) in [5.41, 5.74) is 5.97. The van der Waals surface area contributed by atoms with Crippen LogP contribution < -0.4 is 30.4 Å². The summed E-state index contributed by atoms with van der Waals surface area (Å²) in [5.74, 6) is 0. The van der Waals surface area contributed by atoms with E-state index in [0.29, 0.717) is 11.4 Å². The number of fused-ring (bicyclic) bond motifs is 6. The highest BCUT2D eigenvalue weighted by Gasteiger charge is 2.17. The van der Waals surface area contributed by atoms with Crippen LogP contribution in [-0.4, -0.2) is 60.2 Å². The Morgan fingerprint density at radius 3 is 1.25 bits per heavy atom. The van der Waals surface area contributed by atoms with E-state index in [1.54, 1.807) is 0 Å². The number of aryl methyl sites for hydroxylation is 4. The van der Waals surface area contributed by atoms with Gasteiger partial charge in [-0.15, -0.1) is 0 Å². The number of urea groups is 2. The molecule has 0 radical (unpaired) electrons. The molecule has 4 amide bonds. The third-order valence-electron chi connectivity index (χ3n) is 8.15. The summed E-state index contributed by atoms with van der Waals surface area (Å²) in [6.07, 6.45) is 0. The molecule has 2 aromatic heterocycles. The number of amides is 4. The summed E-state index contributed by atoms with van der Waals surface area (Å²) in [6.45, 7) is 4.72. The summed E-state index contributed by atoms with van der Waals surface area (Å²) < 4.78 is 70.0. The molecule has 274 valence electrons. The van der Waals surface area contributed by atoms with E-state index in [1.165, 1.54) is 10.8 Å². The van der Waals surface area contributed by atoms with Crippen LogP contribution in [0, 0.1) is 13.8 Å². The van der Waals surface area contributed by atoms with Gasteiger partial charge in [-0.3, -0.25) is 9.11 Å². The number of pyridine rings is 2. The number of benzene rings is 4. The summed E-state index contributed by atoms with van der Waals surface area (Å²) in [6, 6.07) is 27.8. The van der Waals surface area contributed by atoms with Gasteiger partial charge in [-0.1, -0.05) is 36.4 Å². The molecule has 0 aliphatic heterocycles. The lowest BCUT2D eigenvalue weighted by Gasteiger charge is -2.12. The van der Waals surface area contributed by atoms with Crippen molar-refractivity contribution in [3.63, 3.8) is 0 Å². The minimum atomic E-state index is -4.92. The molecule has 0 aliphatic carbocycles. The van der Waals surface area contributed by atoms with Crippen molar-refractivity contribution >= 4 is 87.6 Å². The number of aromatic nitrogens is 2. The molecular formula is C34H36N6O10S2. The van der Waals surface area contributed by atoms with Gasteiger partial charge < -0.3 is 30.4 Å². The Kier molecular flexibility index (Phi) is 12.3. The predicted molar refractivity (Wildman–Crippen MR) is 193 cm³/mol. The third-order valence-corrected chi connectivity index (χ3v) is 8.15. The number of nitrogens with zero attached hydrogens (tertiary/aromatic N) is 2. The highest BCUT2D eigenvalue weighted by atomic mass is 32.3. The van der Waals surface area contributed by atoms with E-state index in [1.807, 2.05) is 60.7 Å². The molecule has 18 heteroatoms. The first kappa shape index (κ1) is 39.3. The SMILES string of the molecule is Cc1c2cc(NC(=O)NCCNC(=O)Nc3ccc4c(c3)c(C)[n+](C)c3ccccc43)ccc2c2ccccc2[n+]1C.O=S(=O)([O-])O.O=S(=O)([O-])O. The van der Waals surface area contributed by atoms with E-state index < -0.39 is 20.8 Å². The Morgan fingerprint density at radius 2 is 0.904 bits per heavy atom. The van der Waals surface area contributed by atoms with E-state index >= 15 is 0 Å². The maximum absolute atomic E-state index is 12.6. The third kappa shape index (κ3) is 10.5. The average molecular weight is 753 g/mol.